The van der Waals surface area contributed by atoms with Crippen LogP contribution < -0.4 is 0 Å². The molecule has 2 amide bonds. The van der Waals surface area contributed by atoms with Gasteiger partial charge in [0.15, 0.2) is 0 Å². The van der Waals surface area contributed by atoms with Crippen LogP contribution in [-0.4, -0.2) is 80.0 Å². The summed E-state index contributed by atoms with van der Waals surface area (Å²) in [6.45, 7) is 8.91. The Hall–Kier alpha value is -1.47. The van der Waals surface area contributed by atoms with Crippen molar-refractivity contribution in [1.29, 1.82) is 0 Å². The van der Waals surface area contributed by atoms with Gasteiger partial charge in [-0.1, -0.05) is 34.1 Å². The van der Waals surface area contributed by atoms with Gasteiger partial charge in [0.05, 0.1) is 30.7 Å². The quantitative estimate of drug-likeness (QED) is 0.423. The zero-order chi connectivity index (χ0) is 22.8. The zero-order valence-corrected chi connectivity index (χ0v) is 19.9. The molecule has 0 radical (unpaired) electrons. The summed E-state index contributed by atoms with van der Waals surface area (Å²) in [4.78, 5) is 40.6. The summed E-state index contributed by atoms with van der Waals surface area (Å²) in [6.07, 6.45) is 3.75. The van der Waals surface area contributed by atoms with Crippen molar-refractivity contribution in [3.8, 4) is 0 Å². The van der Waals surface area contributed by atoms with Crippen molar-refractivity contribution in [3.63, 3.8) is 0 Å². The summed E-state index contributed by atoms with van der Waals surface area (Å²) in [6, 6.07) is -0.267. The SMILES string of the molecule is CCC(C)C(C(CC(=O)N1CCCC1C(CC=O)OC)OC)N(C)C(=O)CC(C)C. The van der Waals surface area contributed by atoms with Gasteiger partial charge in [-0.2, -0.15) is 0 Å². The molecule has 1 aliphatic rings. The Morgan fingerprint density at radius 3 is 2.33 bits per heavy atom. The Morgan fingerprint density at radius 2 is 1.83 bits per heavy atom. The van der Waals surface area contributed by atoms with Crippen LogP contribution in [0.3, 0.4) is 0 Å². The second-order valence-corrected chi connectivity index (χ2v) is 8.93. The fourth-order valence-corrected chi connectivity index (χ4v) is 4.53. The molecular formula is C23H42N2O5. The molecule has 1 saturated heterocycles. The number of nitrogens with zero attached hydrogens (tertiary/aromatic N) is 2. The van der Waals surface area contributed by atoms with E-state index in [0.717, 1.165) is 25.5 Å². The number of likely N-dealkylation sites (tertiary alicyclic amines) is 1. The Kier molecular flexibility index (Phi) is 11.6. The number of hydrogen-bond acceptors (Lipinski definition) is 5. The molecule has 0 aromatic rings. The molecule has 0 aromatic carbocycles. The molecule has 1 rings (SSSR count). The highest BCUT2D eigenvalue weighted by Gasteiger charge is 2.39. The van der Waals surface area contributed by atoms with Gasteiger partial charge < -0.3 is 24.1 Å². The Labute approximate surface area is 182 Å². The van der Waals surface area contributed by atoms with Gasteiger partial charge in [-0.15, -0.1) is 0 Å². The first-order valence-electron chi connectivity index (χ1n) is 11.3. The van der Waals surface area contributed by atoms with Crippen LogP contribution in [0.1, 0.15) is 66.2 Å². The first kappa shape index (κ1) is 26.6. The van der Waals surface area contributed by atoms with E-state index in [1.807, 2.05) is 25.8 Å². The fraction of sp³-hybridized carbons (Fsp3) is 0.870. The van der Waals surface area contributed by atoms with Crippen LogP contribution in [0, 0.1) is 11.8 Å². The van der Waals surface area contributed by atoms with Gasteiger partial charge in [0.2, 0.25) is 11.8 Å². The Balaban J connectivity index is 2.99. The second-order valence-electron chi connectivity index (χ2n) is 8.93. The number of aldehydes is 1. The summed E-state index contributed by atoms with van der Waals surface area (Å²) in [5.41, 5.74) is 0. The number of rotatable bonds is 13. The van der Waals surface area contributed by atoms with Gasteiger partial charge in [0.1, 0.15) is 6.29 Å². The van der Waals surface area contributed by atoms with E-state index in [0.29, 0.717) is 13.0 Å². The number of hydrogen-bond donors (Lipinski definition) is 0. The van der Waals surface area contributed by atoms with Crippen LogP contribution in [-0.2, 0) is 23.9 Å². The molecule has 5 atom stereocenters. The van der Waals surface area contributed by atoms with Crippen LogP contribution in [0.2, 0.25) is 0 Å². The minimum absolute atomic E-state index is 0.00434. The van der Waals surface area contributed by atoms with E-state index in [-0.39, 0.29) is 60.8 Å². The second kappa shape index (κ2) is 13.1. The lowest BCUT2D eigenvalue weighted by molar-refractivity contribution is -0.144. The number of ether oxygens (including phenoxy) is 2. The average Bonchev–Trinajstić information content (AvgIpc) is 3.20. The van der Waals surface area contributed by atoms with Crippen molar-refractivity contribution in [2.75, 3.05) is 27.8 Å². The third-order valence-electron chi connectivity index (χ3n) is 6.39. The smallest absolute Gasteiger partial charge is 0.225 e. The van der Waals surface area contributed by atoms with Crippen LogP contribution in [0.5, 0.6) is 0 Å². The normalized spacial score (nSPS) is 20.7. The molecule has 174 valence electrons. The van der Waals surface area contributed by atoms with E-state index in [1.54, 1.807) is 19.1 Å². The number of carbonyl (C=O) groups excluding carboxylic acids is 3. The summed E-state index contributed by atoms with van der Waals surface area (Å²) < 4.78 is 11.3. The average molecular weight is 427 g/mol. The molecule has 1 aliphatic heterocycles. The van der Waals surface area contributed by atoms with E-state index in [2.05, 4.69) is 13.8 Å². The molecule has 7 heteroatoms. The third kappa shape index (κ3) is 7.05. The van der Waals surface area contributed by atoms with Crippen LogP contribution in [0.4, 0.5) is 0 Å². The van der Waals surface area contributed by atoms with Crippen molar-refractivity contribution < 1.29 is 23.9 Å². The fourth-order valence-electron chi connectivity index (χ4n) is 4.53. The number of carbonyl (C=O) groups is 3. The molecule has 0 bridgehead atoms. The number of likely N-dealkylation sites (N-methyl/N-ethyl adjacent to an activating group) is 1. The van der Waals surface area contributed by atoms with Crippen molar-refractivity contribution in [1.82, 2.24) is 9.80 Å². The molecule has 7 nitrogen and oxygen atoms in total. The van der Waals surface area contributed by atoms with Gasteiger partial charge >= 0.3 is 0 Å². The Morgan fingerprint density at radius 1 is 1.17 bits per heavy atom. The highest BCUT2D eigenvalue weighted by Crippen LogP contribution is 2.27. The van der Waals surface area contributed by atoms with Crippen LogP contribution in [0.15, 0.2) is 0 Å². The maximum atomic E-state index is 13.2. The monoisotopic (exact) mass is 426 g/mol. The number of amides is 2. The zero-order valence-electron chi connectivity index (χ0n) is 19.9. The minimum atomic E-state index is -0.387. The lowest BCUT2D eigenvalue weighted by Crippen LogP contribution is -2.52. The summed E-state index contributed by atoms with van der Waals surface area (Å²) in [5, 5.41) is 0. The van der Waals surface area contributed by atoms with Crippen molar-refractivity contribution in [2.24, 2.45) is 11.8 Å². The van der Waals surface area contributed by atoms with Gasteiger partial charge in [-0.25, -0.2) is 0 Å². The maximum absolute atomic E-state index is 13.2. The largest absolute Gasteiger partial charge is 0.379 e. The molecule has 0 spiro atoms. The van der Waals surface area contributed by atoms with E-state index in [1.165, 1.54) is 0 Å². The summed E-state index contributed by atoms with van der Waals surface area (Å²) in [7, 11) is 5.02. The predicted octanol–water partition coefficient (Wildman–Crippen LogP) is 2.91. The summed E-state index contributed by atoms with van der Waals surface area (Å²) >= 11 is 0. The summed E-state index contributed by atoms with van der Waals surface area (Å²) in [5.74, 6) is 0.541. The Bertz CT molecular complexity index is 554. The molecule has 0 aliphatic carbocycles. The van der Waals surface area contributed by atoms with Crippen LogP contribution in [0.25, 0.3) is 0 Å². The molecule has 1 heterocycles. The van der Waals surface area contributed by atoms with E-state index < -0.39 is 0 Å². The predicted molar refractivity (Wildman–Crippen MR) is 117 cm³/mol. The van der Waals surface area contributed by atoms with Gasteiger partial charge in [-0.3, -0.25) is 9.59 Å². The standard InChI is InChI=1S/C23H42N2O5/c1-8-17(4)23(24(5)21(27)14-16(2)3)20(30-7)15-22(28)25-12-9-10-18(25)19(29-6)11-13-26/h13,16-20,23H,8-12,14-15H2,1-7H3. The number of methoxy groups -OCH3 is 2. The van der Waals surface area contributed by atoms with E-state index >= 15 is 0 Å². The topological polar surface area (TPSA) is 76.2 Å². The highest BCUT2D eigenvalue weighted by molar-refractivity contribution is 5.79. The maximum Gasteiger partial charge on any atom is 0.225 e. The molecule has 1 fully saturated rings. The van der Waals surface area contributed by atoms with Gasteiger partial charge in [0.25, 0.3) is 0 Å². The minimum Gasteiger partial charge on any atom is -0.379 e. The van der Waals surface area contributed by atoms with Gasteiger partial charge in [0, 0.05) is 40.7 Å². The van der Waals surface area contributed by atoms with E-state index in [9.17, 15) is 14.4 Å². The molecule has 30 heavy (non-hydrogen) atoms. The lowest BCUT2D eigenvalue weighted by Gasteiger charge is -2.39. The van der Waals surface area contributed by atoms with Crippen molar-refractivity contribution in [2.45, 2.75) is 90.5 Å². The molecule has 0 aromatic heterocycles. The van der Waals surface area contributed by atoms with Crippen LogP contribution >= 0.6 is 0 Å². The van der Waals surface area contributed by atoms with E-state index in [4.69, 9.17) is 9.47 Å². The lowest BCUT2D eigenvalue weighted by atomic mass is 9.90. The molecular weight excluding hydrogens is 384 g/mol. The highest BCUT2D eigenvalue weighted by atomic mass is 16.5. The third-order valence-corrected chi connectivity index (χ3v) is 6.39. The molecule has 5 unspecified atom stereocenters. The van der Waals surface area contributed by atoms with Crippen molar-refractivity contribution >= 4 is 18.1 Å². The van der Waals surface area contributed by atoms with Crippen molar-refractivity contribution in [3.05, 3.63) is 0 Å². The first-order chi connectivity index (χ1) is 14.2. The first-order valence-corrected chi connectivity index (χ1v) is 11.3. The van der Waals surface area contributed by atoms with Gasteiger partial charge in [-0.05, 0) is 24.7 Å². The molecule has 0 saturated carbocycles. The molecule has 0 N–H and O–H groups in total.